The molecule has 1 aliphatic rings. The molecule has 0 radical (unpaired) electrons. The fourth-order valence-corrected chi connectivity index (χ4v) is 2.91. The number of nitrogens with one attached hydrogen (secondary N) is 1. The van der Waals surface area contributed by atoms with Gasteiger partial charge in [-0.2, -0.15) is 0 Å². The standard InChI is InChI=1S/C18H30N2/c1-18(2,20(3)4)14-19-17-12-10-16(11-13-17)15-8-6-5-7-9-15/h5-9,16-17,19H,10-14H2,1-4H3. The SMILES string of the molecule is CN(C)C(C)(C)CNC1CCC(c2ccccc2)CC1. The van der Waals surface area contributed by atoms with Crippen LogP contribution >= 0.6 is 0 Å². The fraction of sp³-hybridized carbons (Fsp3) is 0.667. The van der Waals surface area contributed by atoms with Gasteiger partial charge in [0.1, 0.15) is 0 Å². The molecule has 1 N–H and O–H groups in total. The van der Waals surface area contributed by atoms with E-state index in [-0.39, 0.29) is 5.54 Å². The minimum Gasteiger partial charge on any atom is -0.312 e. The molecule has 0 aliphatic heterocycles. The molecule has 1 aromatic rings. The molecule has 2 heteroatoms. The van der Waals surface area contributed by atoms with Crippen LogP contribution in [0.4, 0.5) is 0 Å². The van der Waals surface area contributed by atoms with Crippen LogP contribution in [0.15, 0.2) is 30.3 Å². The van der Waals surface area contributed by atoms with Gasteiger partial charge < -0.3 is 10.2 Å². The summed E-state index contributed by atoms with van der Waals surface area (Å²) in [5.41, 5.74) is 1.76. The van der Waals surface area contributed by atoms with Crippen LogP contribution in [0.5, 0.6) is 0 Å². The van der Waals surface area contributed by atoms with Gasteiger partial charge in [0.2, 0.25) is 0 Å². The van der Waals surface area contributed by atoms with E-state index in [2.05, 4.69) is 68.5 Å². The average Bonchev–Trinajstić information content (AvgIpc) is 2.46. The summed E-state index contributed by atoms with van der Waals surface area (Å²) in [5, 5.41) is 3.77. The Hall–Kier alpha value is -0.860. The monoisotopic (exact) mass is 274 g/mol. The van der Waals surface area contributed by atoms with Crippen molar-refractivity contribution in [3.8, 4) is 0 Å². The van der Waals surface area contributed by atoms with E-state index in [9.17, 15) is 0 Å². The number of benzene rings is 1. The minimum atomic E-state index is 0.232. The summed E-state index contributed by atoms with van der Waals surface area (Å²) < 4.78 is 0. The van der Waals surface area contributed by atoms with Gasteiger partial charge in [-0.25, -0.2) is 0 Å². The molecule has 1 aliphatic carbocycles. The molecule has 2 rings (SSSR count). The Kier molecular flexibility index (Phi) is 5.22. The lowest BCUT2D eigenvalue weighted by molar-refractivity contribution is 0.177. The molecule has 0 bridgehead atoms. The van der Waals surface area contributed by atoms with Crippen molar-refractivity contribution in [1.82, 2.24) is 10.2 Å². The topological polar surface area (TPSA) is 15.3 Å². The van der Waals surface area contributed by atoms with E-state index in [0.717, 1.165) is 12.5 Å². The third-order valence-electron chi connectivity index (χ3n) is 5.03. The van der Waals surface area contributed by atoms with Gasteiger partial charge in [-0.15, -0.1) is 0 Å². The highest BCUT2D eigenvalue weighted by molar-refractivity contribution is 5.20. The van der Waals surface area contributed by atoms with Crippen LogP contribution in [0.25, 0.3) is 0 Å². The number of hydrogen-bond acceptors (Lipinski definition) is 2. The molecule has 1 saturated carbocycles. The highest BCUT2D eigenvalue weighted by atomic mass is 15.2. The molecule has 0 atom stereocenters. The van der Waals surface area contributed by atoms with E-state index in [0.29, 0.717) is 6.04 Å². The molecule has 112 valence electrons. The quantitative estimate of drug-likeness (QED) is 0.882. The summed E-state index contributed by atoms with van der Waals surface area (Å²) in [6.07, 6.45) is 5.26. The maximum atomic E-state index is 3.77. The number of hydrogen-bond donors (Lipinski definition) is 1. The third-order valence-corrected chi connectivity index (χ3v) is 5.03. The molecule has 0 amide bonds. The summed E-state index contributed by atoms with van der Waals surface area (Å²) in [6, 6.07) is 11.7. The molecule has 2 nitrogen and oxygen atoms in total. The third kappa shape index (κ3) is 4.07. The van der Waals surface area contributed by atoms with Crippen LogP contribution in [0.1, 0.15) is 51.0 Å². The molecule has 0 heterocycles. The Bertz CT molecular complexity index is 389. The van der Waals surface area contributed by atoms with Gasteiger partial charge in [0.05, 0.1) is 0 Å². The van der Waals surface area contributed by atoms with Crippen molar-refractivity contribution in [2.45, 2.75) is 57.0 Å². The molecule has 20 heavy (non-hydrogen) atoms. The maximum absolute atomic E-state index is 3.77. The highest BCUT2D eigenvalue weighted by Gasteiger charge is 2.25. The summed E-state index contributed by atoms with van der Waals surface area (Å²) in [6.45, 7) is 5.67. The van der Waals surface area contributed by atoms with Crippen molar-refractivity contribution in [2.75, 3.05) is 20.6 Å². The normalized spacial score (nSPS) is 24.1. The van der Waals surface area contributed by atoms with Crippen molar-refractivity contribution in [3.63, 3.8) is 0 Å². The zero-order valence-electron chi connectivity index (χ0n) is 13.5. The van der Waals surface area contributed by atoms with Crippen molar-refractivity contribution in [2.24, 2.45) is 0 Å². The zero-order chi connectivity index (χ0) is 14.6. The number of rotatable bonds is 5. The van der Waals surface area contributed by atoms with Crippen LogP contribution in [0, 0.1) is 0 Å². The lowest BCUT2D eigenvalue weighted by Crippen LogP contribution is -2.49. The van der Waals surface area contributed by atoms with Gasteiger partial charge >= 0.3 is 0 Å². The Balaban J connectivity index is 1.78. The first kappa shape index (κ1) is 15.5. The lowest BCUT2D eigenvalue weighted by atomic mass is 9.81. The van der Waals surface area contributed by atoms with E-state index < -0.39 is 0 Å². The van der Waals surface area contributed by atoms with Crippen molar-refractivity contribution in [3.05, 3.63) is 35.9 Å². The Labute approximate surface area is 124 Å². The number of nitrogens with zero attached hydrogens (tertiary/aromatic N) is 1. The fourth-order valence-electron chi connectivity index (χ4n) is 2.91. The van der Waals surface area contributed by atoms with Crippen LogP contribution in [0.3, 0.4) is 0 Å². The molecule has 1 aromatic carbocycles. The first-order valence-electron chi connectivity index (χ1n) is 7.95. The molecule has 1 fully saturated rings. The van der Waals surface area contributed by atoms with E-state index in [1.54, 1.807) is 0 Å². The molecular weight excluding hydrogens is 244 g/mol. The first-order valence-corrected chi connectivity index (χ1v) is 7.95. The van der Waals surface area contributed by atoms with Crippen molar-refractivity contribution >= 4 is 0 Å². The molecule has 0 aromatic heterocycles. The van der Waals surface area contributed by atoms with E-state index in [1.807, 2.05) is 0 Å². The predicted octanol–water partition coefficient (Wildman–Crippen LogP) is 3.64. The van der Waals surface area contributed by atoms with Crippen LogP contribution in [-0.2, 0) is 0 Å². The largest absolute Gasteiger partial charge is 0.312 e. The van der Waals surface area contributed by atoms with Crippen LogP contribution < -0.4 is 5.32 Å². The zero-order valence-corrected chi connectivity index (χ0v) is 13.5. The second-order valence-corrected chi connectivity index (χ2v) is 7.05. The predicted molar refractivity (Wildman–Crippen MR) is 87.2 cm³/mol. The van der Waals surface area contributed by atoms with Gasteiger partial charge in [0.25, 0.3) is 0 Å². The summed E-state index contributed by atoms with van der Waals surface area (Å²) >= 11 is 0. The van der Waals surface area contributed by atoms with Gasteiger partial charge in [0, 0.05) is 18.1 Å². The van der Waals surface area contributed by atoms with Gasteiger partial charge in [-0.3, -0.25) is 0 Å². The summed E-state index contributed by atoms with van der Waals surface area (Å²) in [7, 11) is 4.32. The molecular formula is C18H30N2. The molecule has 0 unspecified atom stereocenters. The second-order valence-electron chi connectivity index (χ2n) is 7.05. The average molecular weight is 274 g/mol. The maximum Gasteiger partial charge on any atom is 0.0271 e. The molecule has 0 saturated heterocycles. The highest BCUT2D eigenvalue weighted by Crippen LogP contribution is 2.32. The van der Waals surface area contributed by atoms with Crippen LogP contribution in [0.2, 0.25) is 0 Å². The molecule has 0 spiro atoms. The van der Waals surface area contributed by atoms with E-state index in [1.165, 1.54) is 31.2 Å². The lowest BCUT2D eigenvalue weighted by Gasteiger charge is -2.36. The van der Waals surface area contributed by atoms with E-state index in [4.69, 9.17) is 0 Å². The van der Waals surface area contributed by atoms with Gasteiger partial charge in [-0.05, 0) is 65.1 Å². The van der Waals surface area contributed by atoms with Gasteiger partial charge in [-0.1, -0.05) is 30.3 Å². The van der Waals surface area contributed by atoms with Crippen LogP contribution in [-0.4, -0.2) is 37.1 Å². The number of likely N-dealkylation sites (N-methyl/N-ethyl adjacent to an activating group) is 1. The van der Waals surface area contributed by atoms with Crippen molar-refractivity contribution in [1.29, 1.82) is 0 Å². The first-order chi connectivity index (χ1) is 9.49. The Morgan fingerprint density at radius 1 is 1.05 bits per heavy atom. The van der Waals surface area contributed by atoms with E-state index >= 15 is 0 Å². The van der Waals surface area contributed by atoms with Gasteiger partial charge in [0.15, 0.2) is 0 Å². The Morgan fingerprint density at radius 3 is 2.20 bits per heavy atom. The summed E-state index contributed by atoms with van der Waals surface area (Å²) in [5.74, 6) is 0.774. The Morgan fingerprint density at radius 2 is 1.65 bits per heavy atom. The smallest absolute Gasteiger partial charge is 0.0271 e. The summed E-state index contributed by atoms with van der Waals surface area (Å²) in [4.78, 5) is 2.30. The van der Waals surface area contributed by atoms with Crippen molar-refractivity contribution < 1.29 is 0 Å². The second kappa shape index (κ2) is 6.73. The minimum absolute atomic E-state index is 0.232.